The summed E-state index contributed by atoms with van der Waals surface area (Å²) in [5.41, 5.74) is -0.130. The summed E-state index contributed by atoms with van der Waals surface area (Å²) in [5.74, 6) is -3.02. The van der Waals surface area contributed by atoms with E-state index in [1.165, 1.54) is 18.2 Å². The van der Waals surface area contributed by atoms with Crippen molar-refractivity contribution in [2.45, 2.75) is 18.4 Å². The molecule has 1 aliphatic rings. The number of phenols is 1. The van der Waals surface area contributed by atoms with E-state index in [0.717, 1.165) is 6.07 Å². The molecule has 0 amide bonds. The molecule has 1 atom stereocenters. The van der Waals surface area contributed by atoms with Gasteiger partial charge in [-0.05, 0) is 25.1 Å². The van der Waals surface area contributed by atoms with Crippen LogP contribution in [0.4, 0.5) is 8.78 Å². The minimum atomic E-state index is -2.89. The first kappa shape index (κ1) is 9.40. The minimum Gasteiger partial charge on any atom is -0.508 e. The summed E-state index contributed by atoms with van der Waals surface area (Å²) in [6.45, 7) is 0.638. The SMILES string of the molecule is Oc1cccc(C(F)(F)C2CCN2)c1. The molecule has 14 heavy (non-hydrogen) atoms. The Morgan fingerprint density at radius 2 is 2.14 bits per heavy atom. The quantitative estimate of drug-likeness (QED) is 0.761. The van der Waals surface area contributed by atoms with E-state index in [1.807, 2.05) is 0 Å². The largest absolute Gasteiger partial charge is 0.508 e. The molecule has 0 aliphatic carbocycles. The van der Waals surface area contributed by atoms with Crippen LogP contribution in [-0.4, -0.2) is 17.7 Å². The van der Waals surface area contributed by atoms with Gasteiger partial charge in [-0.25, -0.2) is 0 Å². The van der Waals surface area contributed by atoms with Gasteiger partial charge in [-0.3, -0.25) is 0 Å². The molecule has 1 aromatic rings. The fourth-order valence-corrected chi connectivity index (χ4v) is 1.51. The molecule has 0 aromatic heterocycles. The number of hydrogen-bond acceptors (Lipinski definition) is 2. The molecular weight excluding hydrogens is 188 g/mol. The van der Waals surface area contributed by atoms with Crippen LogP contribution in [0.15, 0.2) is 24.3 Å². The van der Waals surface area contributed by atoms with Crippen LogP contribution in [0, 0.1) is 0 Å². The zero-order valence-electron chi connectivity index (χ0n) is 7.50. The first-order valence-electron chi connectivity index (χ1n) is 4.51. The summed E-state index contributed by atoms with van der Waals surface area (Å²) in [7, 11) is 0. The first-order chi connectivity index (χ1) is 6.60. The van der Waals surface area contributed by atoms with E-state index >= 15 is 0 Å². The maximum absolute atomic E-state index is 13.6. The average molecular weight is 199 g/mol. The number of rotatable bonds is 2. The van der Waals surface area contributed by atoms with Crippen molar-refractivity contribution in [1.82, 2.24) is 5.32 Å². The van der Waals surface area contributed by atoms with Crippen LogP contribution in [0.3, 0.4) is 0 Å². The van der Waals surface area contributed by atoms with Crippen LogP contribution in [0.25, 0.3) is 0 Å². The monoisotopic (exact) mass is 199 g/mol. The molecule has 2 nitrogen and oxygen atoms in total. The lowest BCUT2D eigenvalue weighted by atomic mass is 9.94. The molecule has 76 valence electrons. The highest BCUT2D eigenvalue weighted by atomic mass is 19.3. The lowest BCUT2D eigenvalue weighted by Gasteiger charge is -2.35. The summed E-state index contributed by atoms with van der Waals surface area (Å²) < 4.78 is 27.2. The molecule has 1 unspecified atom stereocenters. The number of halogens is 2. The Hall–Kier alpha value is -1.16. The second kappa shape index (κ2) is 3.20. The minimum absolute atomic E-state index is 0.124. The predicted molar refractivity (Wildman–Crippen MR) is 48.4 cm³/mol. The highest BCUT2D eigenvalue weighted by molar-refractivity contribution is 5.31. The topological polar surface area (TPSA) is 32.3 Å². The molecule has 1 aromatic carbocycles. The molecule has 0 saturated carbocycles. The van der Waals surface area contributed by atoms with Gasteiger partial charge >= 0.3 is 0 Å². The summed E-state index contributed by atoms with van der Waals surface area (Å²) in [4.78, 5) is 0. The van der Waals surface area contributed by atoms with Crippen LogP contribution in [-0.2, 0) is 5.92 Å². The fourth-order valence-electron chi connectivity index (χ4n) is 1.51. The number of benzene rings is 1. The third-order valence-electron chi connectivity index (χ3n) is 2.49. The van der Waals surface area contributed by atoms with E-state index in [4.69, 9.17) is 5.11 Å². The van der Waals surface area contributed by atoms with Gasteiger partial charge in [-0.1, -0.05) is 12.1 Å². The summed E-state index contributed by atoms with van der Waals surface area (Å²) in [6.07, 6.45) is 0.475. The number of nitrogens with one attached hydrogen (secondary N) is 1. The molecule has 2 N–H and O–H groups in total. The van der Waals surface area contributed by atoms with Crippen molar-refractivity contribution in [2.24, 2.45) is 0 Å². The fraction of sp³-hybridized carbons (Fsp3) is 0.400. The van der Waals surface area contributed by atoms with E-state index in [2.05, 4.69) is 5.32 Å². The van der Waals surface area contributed by atoms with Crippen LogP contribution in [0.5, 0.6) is 5.75 Å². The number of hydrogen-bond donors (Lipinski definition) is 2. The molecule has 0 spiro atoms. The standard InChI is InChI=1S/C10H11F2NO/c11-10(12,9-4-5-13-9)7-2-1-3-8(14)6-7/h1-3,6,9,13-14H,4-5H2. The number of aromatic hydroxyl groups is 1. The maximum Gasteiger partial charge on any atom is 0.288 e. The predicted octanol–water partition coefficient (Wildman–Crippen LogP) is 1.85. The highest BCUT2D eigenvalue weighted by Crippen LogP contribution is 2.36. The second-order valence-corrected chi connectivity index (χ2v) is 3.47. The van der Waals surface area contributed by atoms with Crippen LogP contribution >= 0.6 is 0 Å². The normalized spacial score (nSPS) is 21.7. The Morgan fingerprint density at radius 1 is 1.43 bits per heavy atom. The molecular formula is C10H11F2NO. The van der Waals surface area contributed by atoms with E-state index in [9.17, 15) is 8.78 Å². The van der Waals surface area contributed by atoms with Crippen molar-refractivity contribution in [3.8, 4) is 5.75 Å². The Kier molecular flexibility index (Phi) is 2.15. The van der Waals surface area contributed by atoms with Gasteiger partial charge in [-0.2, -0.15) is 8.78 Å². The van der Waals surface area contributed by atoms with Gasteiger partial charge in [0.15, 0.2) is 0 Å². The molecule has 0 bridgehead atoms. The third kappa shape index (κ3) is 1.46. The molecule has 1 aliphatic heterocycles. The Bertz CT molecular complexity index is 337. The molecule has 2 rings (SSSR count). The van der Waals surface area contributed by atoms with Gasteiger partial charge in [0.05, 0.1) is 6.04 Å². The van der Waals surface area contributed by atoms with Gasteiger partial charge in [0.1, 0.15) is 5.75 Å². The van der Waals surface area contributed by atoms with Crippen molar-refractivity contribution in [1.29, 1.82) is 0 Å². The van der Waals surface area contributed by atoms with Crippen molar-refractivity contribution in [3.63, 3.8) is 0 Å². The number of phenolic OH excluding ortho intramolecular Hbond substituents is 1. The first-order valence-corrected chi connectivity index (χ1v) is 4.51. The van der Waals surface area contributed by atoms with Gasteiger partial charge in [0.25, 0.3) is 5.92 Å². The molecule has 1 saturated heterocycles. The zero-order valence-corrected chi connectivity index (χ0v) is 7.50. The lowest BCUT2D eigenvalue weighted by molar-refractivity contribution is -0.0647. The smallest absolute Gasteiger partial charge is 0.288 e. The second-order valence-electron chi connectivity index (χ2n) is 3.47. The van der Waals surface area contributed by atoms with Gasteiger partial charge < -0.3 is 10.4 Å². The average Bonchev–Trinajstić information content (AvgIpc) is 2.00. The highest BCUT2D eigenvalue weighted by Gasteiger charge is 2.44. The molecule has 0 radical (unpaired) electrons. The zero-order chi connectivity index (χ0) is 10.2. The lowest BCUT2D eigenvalue weighted by Crippen LogP contribution is -2.53. The van der Waals surface area contributed by atoms with E-state index in [1.54, 1.807) is 0 Å². The third-order valence-corrected chi connectivity index (χ3v) is 2.49. The van der Waals surface area contributed by atoms with E-state index < -0.39 is 12.0 Å². The van der Waals surface area contributed by atoms with Gasteiger partial charge in [0, 0.05) is 5.56 Å². The Labute approximate surface area is 80.6 Å². The van der Waals surface area contributed by atoms with Crippen molar-refractivity contribution in [3.05, 3.63) is 29.8 Å². The van der Waals surface area contributed by atoms with Crippen LogP contribution in [0.2, 0.25) is 0 Å². The number of alkyl halides is 2. The summed E-state index contributed by atoms with van der Waals surface area (Å²) in [5, 5.41) is 11.8. The van der Waals surface area contributed by atoms with E-state index in [0.29, 0.717) is 13.0 Å². The van der Waals surface area contributed by atoms with Crippen LogP contribution < -0.4 is 5.32 Å². The van der Waals surface area contributed by atoms with E-state index in [-0.39, 0.29) is 11.3 Å². The van der Waals surface area contributed by atoms with Crippen LogP contribution in [0.1, 0.15) is 12.0 Å². The Balaban J connectivity index is 2.28. The van der Waals surface area contributed by atoms with Gasteiger partial charge in [0.2, 0.25) is 0 Å². The Morgan fingerprint density at radius 3 is 2.64 bits per heavy atom. The van der Waals surface area contributed by atoms with Crippen molar-refractivity contribution >= 4 is 0 Å². The summed E-state index contributed by atoms with van der Waals surface area (Å²) >= 11 is 0. The van der Waals surface area contributed by atoms with Crippen molar-refractivity contribution < 1.29 is 13.9 Å². The maximum atomic E-state index is 13.6. The van der Waals surface area contributed by atoms with Gasteiger partial charge in [-0.15, -0.1) is 0 Å². The molecule has 1 heterocycles. The molecule has 1 fully saturated rings. The summed E-state index contributed by atoms with van der Waals surface area (Å²) in [6, 6.07) is 4.47. The molecule has 4 heteroatoms. The van der Waals surface area contributed by atoms with Crippen molar-refractivity contribution in [2.75, 3.05) is 6.54 Å².